The van der Waals surface area contributed by atoms with Crippen LogP contribution in [0.5, 0.6) is 0 Å². The first-order valence-electron chi connectivity index (χ1n) is 10.1. The maximum absolute atomic E-state index is 13.4. The first-order valence-corrected chi connectivity index (χ1v) is 12.1. The molecule has 3 N–H and O–H groups in total. The summed E-state index contributed by atoms with van der Waals surface area (Å²) in [5.74, 6) is -0.571. The van der Waals surface area contributed by atoms with E-state index in [-0.39, 0.29) is 37.4 Å². The van der Waals surface area contributed by atoms with Crippen molar-refractivity contribution in [3.63, 3.8) is 0 Å². The minimum Gasteiger partial charge on any atom is -0.464 e. The number of nitrogens with one attached hydrogen (secondary N) is 2. The van der Waals surface area contributed by atoms with Gasteiger partial charge < -0.3 is 25.4 Å². The fourth-order valence-electron chi connectivity index (χ4n) is 3.68. The molecule has 0 radical (unpaired) electrons. The standard InChI is InChI=1S/C21H24F5N3O4S/c1-13(30)33-10-9-29(2)18-8-7-15(34(22,23,24,25)26)12-17(18)27-21(32)28-20-16-6-4-3-5-14(16)11-19(20)31/h3-8,12,19-20,31H,9-11H2,1-2H3,(H2,27,28,32). The highest BCUT2D eigenvalue weighted by Gasteiger charge is 2.65. The quantitative estimate of drug-likeness (QED) is 0.356. The average Bonchev–Trinajstić information content (AvgIpc) is 3.01. The van der Waals surface area contributed by atoms with Gasteiger partial charge in [-0.3, -0.25) is 4.79 Å². The molecular formula is C21H24F5N3O4S. The molecule has 1 aliphatic carbocycles. The number of aliphatic hydroxyl groups is 1. The monoisotopic (exact) mass is 509 g/mol. The van der Waals surface area contributed by atoms with E-state index in [9.17, 15) is 34.1 Å². The Balaban J connectivity index is 1.88. The number of fused-ring (bicyclic) bond motifs is 1. The molecule has 188 valence electrons. The first kappa shape index (κ1) is 25.6. The van der Waals surface area contributed by atoms with Gasteiger partial charge in [0.05, 0.1) is 30.1 Å². The van der Waals surface area contributed by atoms with E-state index < -0.39 is 45.0 Å². The Kier molecular flexibility index (Phi) is 6.25. The van der Waals surface area contributed by atoms with Crippen LogP contribution in [0.15, 0.2) is 47.4 Å². The topological polar surface area (TPSA) is 90.9 Å². The summed E-state index contributed by atoms with van der Waals surface area (Å²) in [6, 6.07) is 6.31. The minimum atomic E-state index is -10.0. The number of ether oxygens (including phenoxy) is 1. The number of nitrogens with zero attached hydrogens (tertiary/aromatic N) is 1. The van der Waals surface area contributed by atoms with Gasteiger partial charge in [-0.1, -0.05) is 43.7 Å². The van der Waals surface area contributed by atoms with Crippen LogP contribution in [0.1, 0.15) is 24.1 Å². The van der Waals surface area contributed by atoms with Crippen molar-refractivity contribution >= 4 is 33.6 Å². The fraction of sp³-hybridized carbons (Fsp3) is 0.333. The van der Waals surface area contributed by atoms with E-state index in [1.807, 2.05) is 0 Å². The molecule has 0 spiro atoms. The Morgan fingerprint density at radius 1 is 1.15 bits per heavy atom. The molecule has 0 aromatic heterocycles. The van der Waals surface area contributed by atoms with Crippen LogP contribution in [-0.2, 0) is 16.0 Å². The van der Waals surface area contributed by atoms with Crippen molar-refractivity contribution in [3.05, 3.63) is 53.6 Å². The largest absolute Gasteiger partial charge is 0.464 e. The normalized spacial score (nSPS) is 19.4. The van der Waals surface area contributed by atoms with Crippen LogP contribution in [-0.4, -0.2) is 43.4 Å². The number of carbonyl (C=O) groups is 2. The number of halogens is 5. The van der Waals surface area contributed by atoms with Gasteiger partial charge in [0.1, 0.15) is 11.5 Å². The lowest BCUT2D eigenvalue weighted by Crippen LogP contribution is -2.37. The number of hydrogen-bond donors (Lipinski definition) is 3. The Hall–Kier alpha value is -3.06. The molecule has 0 saturated heterocycles. The summed E-state index contributed by atoms with van der Waals surface area (Å²) in [7, 11) is -8.60. The first-order chi connectivity index (χ1) is 15.5. The number of benzene rings is 2. The molecule has 2 aromatic carbocycles. The molecule has 0 fully saturated rings. The third kappa shape index (κ3) is 6.08. The molecule has 34 heavy (non-hydrogen) atoms. The van der Waals surface area contributed by atoms with Gasteiger partial charge in [-0.25, -0.2) is 4.79 Å². The van der Waals surface area contributed by atoms with Crippen molar-refractivity contribution < 1.29 is 38.9 Å². The fourth-order valence-corrected chi connectivity index (χ4v) is 4.35. The van der Waals surface area contributed by atoms with Crippen LogP contribution in [0.25, 0.3) is 0 Å². The van der Waals surface area contributed by atoms with E-state index in [4.69, 9.17) is 4.74 Å². The van der Waals surface area contributed by atoms with Crippen LogP contribution >= 0.6 is 10.2 Å². The summed E-state index contributed by atoms with van der Waals surface area (Å²) < 4.78 is 71.8. The van der Waals surface area contributed by atoms with Crippen LogP contribution < -0.4 is 15.5 Å². The zero-order valence-electron chi connectivity index (χ0n) is 18.2. The average molecular weight is 509 g/mol. The van der Waals surface area contributed by atoms with Gasteiger partial charge in [-0.05, 0) is 29.3 Å². The minimum absolute atomic E-state index is 0.0136. The number of carbonyl (C=O) groups excluding carboxylic acids is 2. The highest BCUT2D eigenvalue weighted by atomic mass is 32.5. The summed E-state index contributed by atoms with van der Waals surface area (Å²) in [4.78, 5) is 22.8. The number of aliphatic hydroxyl groups excluding tert-OH is 1. The maximum atomic E-state index is 13.4. The van der Waals surface area contributed by atoms with Gasteiger partial charge >= 0.3 is 22.2 Å². The van der Waals surface area contributed by atoms with E-state index in [1.165, 1.54) is 18.9 Å². The van der Waals surface area contributed by atoms with Crippen LogP contribution in [0.4, 0.5) is 35.6 Å². The second kappa shape index (κ2) is 8.31. The van der Waals surface area contributed by atoms with Gasteiger partial charge in [0.15, 0.2) is 0 Å². The third-order valence-electron chi connectivity index (χ3n) is 5.30. The predicted molar refractivity (Wildman–Crippen MR) is 119 cm³/mol. The zero-order valence-corrected chi connectivity index (χ0v) is 19.1. The molecule has 2 atom stereocenters. The molecule has 2 unspecified atom stereocenters. The van der Waals surface area contributed by atoms with Gasteiger partial charge in [0.25, 0.3) is 0 Å². The van der Waals surface area contributed by atoms with E-state index in [0.29, 0.717) is 5.56 Å². The SMILES string of the molecule is CC(=O)OCCN(C)c1ccc(S(F)(F)(F)(F)F)cc1NC(=O)NC1c2ccccc2CC1O. The van der Waals surface area contributed by atoms with Gasteiger partial charge in [0, 0.05) is 20.4 Å². The van der Waals surface area contributed by atoms with Crippen molar-refractivity contribution in [3.8, 4) is 0 Å². The maximum Gasteiger partial charge on any atom is 0.319 e. The number of likely N-dealkylation sites (N-methyl/N-ethyl adjacent to an activating group) is 1. The number of hydrogen-bond acceptors (Lipinski definition) is 5. The number of rotatable bonds is 7. The molecule has 0 heterocycles. The molecule has 1 aliphatic rings. The second-order valence-corrected chi connectivity index (χ2v) is 10.4. The molecule has 7 nitrogen and oxygen atoms in total. The lowest BCUT2D eigenvalue weighted by atomic mass is 10.1. The molecule has 2 aromatic rings. The van der Waals surface area contributed by atoms with Crippen LogP contribution in [0.3, 0.4) is 0 Å². The van der Waals surface area contributed by atoms with Gasteiger partial charge in [0.2, 0.25) is 0 Å². The van der Waals surface area contributed by atoms with Crippen LogP contribution in [0, 0.1) is 0 Å². The molecular weight excluding hydrogens is 485 g/mol. The van der Waals surface area contributed by atoms with Crippen molar-refractivity contribution in [1.82, 2.24) is 5.32 Å². The number of esters is 1. The molecule has 13 heteroatoms. The molecule has 2 amide bonds. The summed E-state index contributed by atoms with van der Waals surface area (Å²) in [6.07, 6.45) is -0.699. The summed E-state index contributed by atoms with van der Waals surface area (Å²) in [6.45, 7) is 1.07. The smallest absolute Gasteiger partial charge is 0.319 e. The zero-order chi connectivity index (χ0) is 25.4. The summed E-state index contributed by atoms with van der Waals surface area (Å²) in [5.41, 5.74) is 0.897. The molecule has 3 rings (SSSR count). The van der Waals surface area contributed by atoms with E-state index in [0.717, 1.165) is 11.6 Å². The lowest BCUT2D eigenvalue weighted by molar-refractivity contribution is -0.140. The number of anilines is 2. The van der Waals surface area contributed by atoms with Crippen molar-refractivity contribution in [2.24, 2.45) is 0 Å². The third-order valence-corrected chi connectivity index (χ3v) is 6.44. The lowest BCUT2D eigenvalue weighted by Gasteiger charge is -2.41. The predicted octanol–water partition coefficient (Wildman–Crippen LogP) is 5.12. The number of urea groups is 1. The molecule has 0 saturated carbocycles. The summed E-state index contributed by atoms with van der Waals surface area (Å²) in [5, 5.41) is 15.0. The van der Waals surface area contributed by atoms with Crippen molar-refractivity contribution in [2.75, 3.05) is 30.4 Å². The van der Waals surface area contributed by atoms with E-state index >= 15 is 0 Å². The summed E-state index contributed by atoms with van der Waals surface area (Å²) >= 11 is 0. The second-order valence-electron chi connectivity index (χ2n) is 7.96. The van der Waals surface area contributed by atoms with Crippen LogP contribution in [0.2, 0.25) is 0 Å². The van der Waals surface area contributed by atoms with E-state index in [2.05, 4.69) is 10.6 Å². The van der Waals surface area contributed by atoms with Crippen molar-refractivity contribution in [1.29, 1.82) is 0 Å². The Morgan fingerprint density at radius 3 is 2.47 bits per heavy atom. The van der Waals surface area contributed by atoms with Crippen molar-refractivity contribution in [2.45, 2.75) is 30.4 Å². The Labute approximate surface area is 192 Å². The highest BCUT2D eigenvalue weighted by molar-refractivity contribution is 8.45. The molecule has 0 bridgehead atoms. The van der Waals surface area contributed by atoms with Gasteiger partial charge in [-0.15, -0.1) is 0 Å². The van der Waals surface area contributed by atoms with Gasteiger partial charge in [-0.2, -0.15) is 0 Å². The molecule has 0 aliphatic heterocycles. The highest BCUT2D eigenvalue weighted by Crippen LogP contribution is 3.02. The Morgan fingerprint density at radius 2 is 1.82 bits per heavy atom. The Bertz CT molecular complexity index is 1110. The number of amides is 2. The van der Waals surface area contributed by atoms with E-state index in [1.54, 1.807) is 24.3 Å².